The lowest BCUT2D eigenvalue weighted by Crippen LogP contribution is -2.11. The average Bonchev–Trinajstić information content (AvgIpc) is 3.13. The number of hydrogen-bond acceptors (Lipinski definition) is 9. The van der Waals surface area contributed by atoms with Crippen molar-refractivity contribution in [1.29, 1.82) is 0 Å². The zero-order chi connectivity index (χ0) is 34.6. The van der Waals surface area contributed by atoms with E-state index in [9.17, 15) is 19.8 Å². The number of hydrogen-bond donors (Lipinski definition) is 5. The molecule has 1 amide bonds. The third kappa shape index (κ3) is 9.66. The summed E-state index contributed by atoms with van der Waals surface area (Å²) in [7, 11) is 1.37. The maximum absolute atomic E-state index is 11.6. The number of benzene rings is 4. The van der Waals surface area contributed by atoms with Gasteiger partial charge in [-0.15, -0.1) is 0 Å². The third-order valence-electron chi connectivity index (χ3n) is 7.39. The highest BCUT2D eigenvalue weighted by Gasteiger charge is 2.07. The lowest BCUT2D eigenvalue weighted by Gasteiger charge is -2.09. The fourth-order valence-electron chi connectivity index (χ4n) is 4.93. The van der Waals surface area contributed by atoms with Gasteiger partial charge in [-0.05, 0) is 82.9 Å². The molecule has 6 aromatic rings. The standard InChI is InChI=1S/C20H18N2O3.C19H17N3O2/c1-25-20(24)16-6-2-4-14(8-16)11-22-18-9-17(12-21-13-18)15-5-3-7-19(23)10-15;20-19(24)15-5-1-3-13(7-15)10-22-17-8-16(11-21-12-17)14-4-2-6-18(23)9-14/h2-10,12-13,22-23H,11H2,1H3;1-9,11-12,22-23H,10H2,(H2,20,24). The minimum absolute atomic E-state index is 0.217. The first-order chi connectivity index (χ1) is 23.8. The van der Waals surface area contributed by atoms with Crippen LogP contribution in [-0.2, 0) is 17.8 Å². The van der Waals surface area contributed by atoms with E-state index in [0.717, 1.165) is 44.8 Å². The first kappa shape index (κ1) is 33.7. The lowest BCUT2D eigenvalue weighted by molar-refractivity contribution is 0.0600. The molecule has 0 saturated carbocycles. The summed E-state index contributed by atoms with van der Waals surface area (Å²) < 4.78 is 4.74. The van der Waals surface area contributed by atoms with Crippen LogP contribution in [-0.4, -0.2) is 39.2 Å². The van der Waals surface area contributed by atoms with Gasteiger partial charge in [0, 0.05) is 54.6 Å². The van der Waals surface area contributed by atoms with Gasteiger partial charge < -0.3 is 31.3 Å². The minimum Gasteiger partial charge on any atom is -0.508 e. The van der Waals surface area contributed by atoms with Gasteiger partial charge >= 0.3 is 5.97 Å². The second-order valence-electron chi connectivity index (χ2n) is 11.0. The molecule has 0 spiro atoms. The highest BCUT2D eigenvalue weighted by molar-refractivity contribution is 5.93. The van der Waals surface area contributed by atoms with Crippen LogP contribution < -0.4 is 16.4 Å². The molecule has 2 aromatic heterocycles. The van der Waals surface area contributed by atoms with Crippen LogP contribution in [0.4, 0.5) is 11.4 Å². The Morgan fingerprint density at radius 3 is 1.55 bits per heavy atom. The highest BCUT2D eigenvalue weighted by atomic mass is 16.5. The van der Waals surface area contributed by atoms with Crippen LogP contribution in [0.25, 0.3) is 22.3 Å². The molecule has 4 aromatic carbocycles. The van der Waals surface area contributed by atoms with E-state index in [-0.39, 0.29) is 17.5 Å². The Morgan fingerprint density at radius 2 is 1.08 bits per heavy atom. The first-order valence-electron chi connectivity index (χ1n) is 15.3. The van der Waals surface area contributed by atoms with Gasteiger partial charge in [0.15, 0.2) is 0 Å². The number of aromatic hydroxyl groups is 2. The van der Waals surface area contributed by atoms with Crippen molar-refractivity contribution < 1.29 is 24.5 Å². The number of esters is 1. The van der Waals surface area contributed by atoms with E-state index in [2.05, 4.69) is 20.6 Å². The Hall–Kier alpha value is -6.68. The van der Waals surface area contributed by atoms with Crippen LogP contribution in [0.15, 0.2) is 134 Å². The Kier molecular flexibility index (Phi) is 11.2. The molecular formula is C39H35N5O5. The number of amides is 1. The van der Waals surface area contributed by atoms with Gasteiger partial charge in [-0.3, -0.25) is 14.8 Å². The number of anilines is 2. The number of nitrogens with zero attached hydrogens (tertiary/aromatic N) is 2. The van der Waals surface area contributed by atoms with Crippen LogP contribution in [0.2, 0.25) is 0 Å². The van der Waals surface area contributed by atoms with Gasteiger partial charge in [-0.1, -0.05) is 48.5 Å². The van der Waals surface area contributed by atoms with Crippen molar-refractivity contribution in [3.63, 3.8) is 0 Å². The number of rotatable bonds is 10. The van der Waals surface area contributed by atoms with Crippen LogP contribution in [0.3, 0.4) is 0 Å². The van der Waals surface area contributed by atoms with E-state index < -0.39 is 5.91 Å². The summed E-state index contributed by atoms with van der Waals surface area (Å²) in [6.45, 7) is 1.10. The zero-order valence-corrected chi connectivity index (χ0v) is 26.7. The number of carbonyl (C=O) groups excluding carboxylic acids is 2. The van der Waals surface area contributed by atoms with Crippen molar-refractivity contribution in [2.45, 2.75) is 13.1 Å². The molecule has 0 aliphatic rings. The Labute approximate surface area is 283 Å². The molecular weight excluding hydrogens is 618 g/mol. The Balaban J connectivity index is 0.000000191. The summed E-state index contributed by atoms with van der Waals surface area (Å²) in [5, 5.41) is 25.8. The SMILES string of the molecule is COC(=O)c1cccc(CNc2cncc(-c3cccc(O)c3)c2)c1.NC(=O)c1cccc(CNc2cncc(-c3cccc(O)c3)c2)c1. The number of carbonyl (C=O) groups is 2. The largest absolute Gasteiger partial charge is 0.508 e. The summed E-state index contributed by atoms with van der Waals surface area (Å²) >= 11 is 0. The van der Waals surface area contributed by atoms with Crippen molar-refractivity contribution in [2.24, 2.45) is 5.73 Å². The maximum Gasteiger partial charge on any atom is 0.337 e. The maximum atomic E-state index is 11.6. The second-order valence-corrected chi connectivity index (χ2v) is 11.0. The van der Waals surface area contributed by atoms with Gasteiger partial charge in [0.1, 0.15) is 11.5 Å². The zero-order valence-electron chi connectivity index (χ0n) is 26.7. The van der Waals surface area contributed by atoms with Crippen molar-refractivity contribution in [3.8, 4) is 33.8 Å². The van der Waals surface area contributed by atoms with E-state index in [1.165, 1.54) is 7.11 Å². The molecule has 0 atom stereocenters. The summed E-state index contributed by atoms with van der Waals surface area (Å²) in [4.78, 5) is 31.3. The fraction of sp³-hybridized carbons (Fsp3) is 0.0769. The number of aromatic nitrogens is 2. The Bertz CT molecular complexity index is 2070. The predicted octanol–water partition coefficient (Wildman–Crippen LogP) is 7.02. The van der Waals surface area contributed by atoms with Crippen LogP contribution >= 0.6 is 0 Å². The van der Waals surface area contributed by atoms with Gasteiger partial charge in [0.05, 0.1) is 24.0 Å². The molecule has 0 aliphatic carbocycles. The smallest absolute Gasteiger partial charge is 0.337 e. The molecule has 0 fully saturated rings. The molecule has 0 saturated heterocycles. The summed E-state index contributed by atoms with van der Waals surface area (Å²) in [5.41, 5.74) is 13.5. The van der Waals surface area contributed by atoms with Gasteiger partial charge in [-0.25, -0.2) is 4.79 Å². The van der Waals surface area contributed by atoms with Crippen molar-refractivity contribution in [3.05, 3.63) is 156 Å². The molecule has 10 heteroatoms. The lowest BCUT2D eigenvalue weighted by atomic mass is 10.1. The van der Waals surface area contributed by atoms with E-state index in [1.54, 1.807) is 91.5 Å². The van der Waals surface area contributed by atoms with Gasteiger partial charge in [0.2, 0.25) is 5.91 Å². The third-order valence-corrected chi connectivity index (χ3v) is 7.39. The first-order valence-corrected chi connectivity index (χ1v) is 15.3. The average molecular weight is 654 g/mol. The molecule has 49 heavy (non-hydrogen) atoms. The van der Waals surface area contributed by atoms with Crippen molar-refractivity contribution in [1.82, 2.24) is 9.97 Å². The number of pyridine rings is 2. The molecule has 6 rings (SSSR count). The minimum atomic E-state index is -0.440. The number of ether oxygens (including phenoxy) is 1. The van der Waals surface area contributed by atoms with Crippen molar-refractivity contribution >= 4 is 23.3 Å². The van der Waals surface area contributed by atoms with Gasteiger partial charge in [-0.2, -0.15) is 0 Å². The fourth-order valence-corrected chi connectivity index (χ4v) is 4.93. The molecule has 2 heterocycles. The number of phenolic OH excluding ortho intramolecular Hbond substituents is 2. The number of methoxy groups -OCH3 is 1. The molecule has 0 bridgehead atoms. The number of nitrogens with one attached hydrogen (secondary N) is 2. The topological polar surface area (TPSA) is 160 Å². The number of phenols is 2. The van der Waals surface area contributed by atoms with Crippen LogP contribution in [0.5, 0.6) is 11.5 Å². The van der Waals surface area contributed by atoms with E-state index in [0.29, 0.717) is 24.2 Å². The summed E-state index contributed by atoms with van der Waals surface area (Å²) in [6, 6.07) is 32.4. The van der Waals surface area contributed by atoms with Crippen LogP contribution in [0.1, 0.15) is 31.8 Å². The quantitative estimate of drug-likeness (QED) is 0.0980. The molecule has 0 radical (unpaired) electrons. The predicted molar refractivity (Wildman–Crippen MR) is 190 cm³/mol. The molecule has 246 valence electrons. The van der Waals surface area contributed by atoms with E-state index >= 15 is 0 Å². The second kappa shape index (κ2) is 16.2. The summed E-state index contributed by atoms with van der Waals surface area (Å²) in [6.07, 6.45) is 6.95. The van der Waals surface area contributed by atoms with Gasteiger partial charge in [0.25, 0.3) is 0 Å². The molecule has 6 N–H and O–H groups in total. The van der Waals surface area contributed by atoms with E-state index in [4.69, 9.17) is 10.5 Å². The van der Waals surface area contributed by atoms with Crippen molar-refractivity contribution in [2.75, 3.05) is 17.7 Å². The Morgan fingerprint density at radius 1 is 0.612 bits per heavy atom. The monoisotopic (exact) mass is 653 g/mol. The van der Waals surface area contributed by atoms with E-state index in [1.807, 2.05) is 42.5 Å². The molecule has 0 aliphatic heterocycles. The number of nitrogens with two attached hydrogens (primary N) is 1. The molecule has 0 unspecified atom stereocenters. The number of primary amides is 1. The highest BCUT2D eigenvalue weighted by Crippen LogP contribution is 2.26. The molecule has 10 nitrogen and oxygen atoms in total. The summed E-state index contributed by atoms with van der Waals surface area (Å²) in [5.74, 6) is -0.358. The van der Waals surface area contributed by atoms with Crippen LogP contribution in [0, 0.1) is 0 Å². The normalized spacial score (nSPS) is 10.3.